The summed E-state index contributed by atoms with van der Waals surface area (Å²) in [5.74, 6) is 0. The summed E-state index contributed by atoms with van der Waals surface area (Å²) in [6, 6.07) is 4.98. The van der Waals surface area contributed by atoms with E-state index in [1.165, 1.54) is 12.1 Å². The van der Waals surface area contributed by atoms with Gasteiger partial charge in [-0.1, -0.05) is 29.8 Å². The van der Waals surface area contributed by atoms with Gasteiger partial charge in [0, 0.05) is 4.47 Å². The van der Waals surface area contributed by atoms with E-state index in [-0.39, 0.29) is 10.0 Å². The number of halogens is 4. The molecule has 0 aliphatic heterocycles. The molecule has 0 N–H and O–H groups in total. The van der Waals surface area contributed by atoms with Crippen molar-refractivity contribution in [3.63, 3.8) is 0 Å². The number of hydrogen-bond donors (Lipinski definition) is 0. The van der Waals surface area contributed by atoms with Gasteiger partial charge in [0.05, 0.1) is 17.2 Å². The second kappa shape index (κ2) is 5.76. The highest BCUT2D eigenvalue weighted by Crippen LogP contribution is 2.35. The smallest absolute Gasteiger partial charge is 0.192 e. The molecule has 0 saturated carbocycles. The average Bonchev–Trinajstić information content (AvgIpc) is 2.20. The van der Waals surface area contributed by atoms with Crippen molar-refractivity contribution in [1.29, 1.82) is 5.26 Å². The molecular formula is C10H9BrF3N. The molecular weight excluding hydrogens is 271 g/mol. The molecule has 1 nitrogen and oxygen atoms in total. The van der Waals surface area contributed by atoms with E-state index in [0.29, 0.717) is 0 Å². The predicted molar refractivity (Wildman–Crippen MR) is 55.2 cm³/mol. The summed E-state index contributed by atoms with van der Waals surface area (Å²) < 4.78 is 36.6. The number of alkyl halides is 3. The summed E-state index contributed by atoms with van der Waals surface area (Å²) >= 11 is 2.77. The molecule has 0 saturated heterocycles. The van der Waals surface area contributed by atoms with E-state index in [1.807, 2.05) is 13.8 Å². The summed E-state index contributed by atoms with van der Waals surface area (Å²) in [6.45, 7) is 4.00. The van der Waals surface area contributed by atoms with Gasteiger partial charge >= 0.3 is 6.18 Å². The lowest BCUT2D eigenvalue weighted by molar-refractivity contribution is -0.138. The molecule has 0 aliphatic rings. The number of rotatable bonds is 0. The maximum atomic E-state index is 12.2. The number of hydrogen-bond acceptors (Lipinski definition) is 1. The summed E-state index contributed by atoms with van der Waals surface area (Å²) in [5.41, 5.74) is -0.831. The Balaban J connectivity index is 0.000000921. The number of benzene rings is 1. The molecule has 0 heterocycles. The van der Waals surface area contributed by atoms with Crippen LogP contribution in [0.15, 0.2) is 22.7 Å². The lowest BCUT2D eigenvalue weighted by atomic mass is 10.1. The third-order valence-electron chi connectivity index (χ3n) is 1.40. The van der Waals surface area contributed by atoms with Gasteiger partial charge in [-0.3, -0.25) is 0 Å². The summed E-state index contributed by atoms with van der Waals surface area (Å²) in [7, 11) is 0. The Hall–Kier alpha value is -1.02. The fourth-order valence-corrected chi connectivity index (χ4v) is 1.28. The highest BCUT2D eigenvalue weighted by atomic mass is 79.9. The molecule has 0 fully saturated rings. The maximum absolute atomic E-state index is 12.2. The molecule has 0 bridgehead atoms. The lowest BCUT2D eigenvalue weighted by Crippen LogP contribution is -2.06. The van der Waals surface area contributed by atoms with Crippen LogP contribution in [-0.4, -0.2) is 0 Å². The topological polar surface area (TPSA) is 23.8 Å². The second-order valence-electron chi connectivity index (χ2n) is 2.30. The van der Waals surface area contributed by atoms with Gasteiger partial charge in [0.2, 0.25) is 0 Å². The van der Waals surface area contributed by atoms with Gasteiger partial charge in [-0.15, -0.1) is 0 Å². The van der Waals surface area contributed by atoms with Crippen LogP contribution in [0.2, 0.25) is 0 Å². The van der Waals surface area contributed by atoms with E-state index in [0.717, 1.165) is 6.07 Å². The van der Waals surface area contributed by atoms with E-state index >= 15 is 0 Å². The molecule has 0 radical (unpaired) electrons. The predicted octanol–water partition coefficient (Wildman–Crippen LogP) is 4.37. The minimum Gasteiger partial charge on any atom is -0.192 e. The first-order valence-electron chi connectivity index (χ1n) is 4.22. The summed E-state index contributed by atoms with van der Waals surface area (Å²) in [6.07, 6.45) is -4.42. The minimum absolute atomic E-state index is 0.00414. The Morgan fingerprint density at radius 2 is 1.80 bits per heavy atom. The normalized spacial score (nSPS) is 9.93. The molecule has 0 aliphatic carbocycles. The largest absolute Gasteiger partial charge is 0.417 e. The van der Waals surface area contributed by atoms with Crippen LogP contribution in [0.1, 0.15) is 25.0 Å². The molecule has 0 amide bonds. The highest BCUT2D eigenvalue weighted by molar-refractivity contribution is 9.10. The van der Waals surface area contributed by atoms with Crippen LogP contribution >= 0.6 is 15.9 Å². The molecule has 15 heavy (non-hydrogen) atoms. The van der Waals surface area contributed by atoms with Crippen LogP contribution in [0.25, 0.3) is 0 Å². The monoisotopic (exact) mass is 279 g/mol. The van der Waals surface area contributed by atoms with Crippen molar-refractivity contribution in [2.75, 3.05) is 0 Å². The average molecular weight is 280 g/mol. The first-order valence-corrected chi connectivity index (χ1v) is 5.01. The highest BCUT2D eigenvalue weighted by Gasteiger charge is 2.33. The van der Waals surface area contributed by atoms with Gasteiger partial charge in [0.15, 0.2) is 0 Å². The van der Waals surface area contributed by atoms with Gasteiger partial charge in [-0.2, -0.15) is 18.4 Å². The van der Waals surface area contributed by atoms with Crippen LogP contribution in [-0.2, 0) is 6.18 Å². The van der Waals surface area contributed by atoms with Crippen molar-refractivity contribution in [3.8, 4) is 6.07 Å². The zero-order valence-electron chi connectivity index (χ0n) is 8.19. The Morgan fingerprint density at radius 3 is 2.20 bits per heavy atom. The fourth-order valence-electron chi connectivity index (χ4n) is 0.812. The van der Waals surface area contributed by atoms with Crippen molar-refractivity contribution in [2.24, 2.45) is 0 Å². The summed E-state index contributed by atoms with van der Waals surface area (Å²) in [5, 5.41) is 8.39. The van der Waals surface area contributed by atoms with Gasteiger partial charge in [0.25, 0.3) is 0 Å². The molecule has 1 rings (SSSR count). The third kappa shape index (κ3) is 3.92. The third-order valence-corrected chi connectivity index (χ3v) is 2.09. The molecule has 0 atom stereocenters. The van der Waals surface area contributed by atoms with Crippen LogP contribution in [0, 0.1) is 11.3 Å². The number of nitrogens with zero attached hydrogens (tertiary/aromatic N) is 1. The Kier molecular flexibility index (Phi) is 5.37. The van der Waals surface area contributed by atoms with Gasteiger partial charge in [-0.25, -0.2) is 0 Å². The van der Waals surface area contributed by atoms with Crippen LogP contribution < -0.4 is 0 Å². The summed E-state index contributed by atoms with van der Waals surface area (Å²) in [4.78, 5) is 0. The Labute approximate surface area is 94.7 Å². The van der Waals surface area contributed by atoms with Crippen molar-refractivity contribution in [1.82, 2.24) is 0 Å². The zero-order valence-corrected chi connectivity index (χ0v) is 9.78. The van der Waals surface area contributed by atoms with Crippen LogP contribution in [0.5, 0.6) is 0 Å². The lowest BCUT2D eigenvalue weighted by Gasteiger charge is -2.08. The SMILES string of the molecule is CC.N#Cc1ccc(Br)c(C(F)(F)F)c1. The zero-order chi connectivity index (χ0) is 12.1. The molecule has 0 aromatic heterocycles. The van der Waals surface area contributed by atoms with Crippen molar-refractivity contribution >= 4 is 15.9 Å². The fraction of sp³-hybridized carbons (Fsp3) is 0.300. The first-order chi connectivity index (χ1) is 6.95. The molecule has 5 heteroatoms. The standard InChI is InChI=1S/C8H3BrF3N.C2H6/c9-7-2-1-5(4-13)3-6(7)8(10,11)12;1-2/h1-3H;1-2H3. The van der Waals surface area contributed by atoms with Crippen molar-refractivity contribution < 1.29 is 13.2 Å². The van der Waals surface area contributed by atoms with Gasteiger partial charge in [-0.05, 0) is 18.2 Å². The van der Waals surface area contributed by atoms with E-state index in [1.54, 1.807) is 6.07 Å². The van der Waals surface area contributed by atoms with Crippen LogP contribution in [0.3, 0.4) is 0 Å². The maximum Gasteiger partial charge on any atom is 0.417 e. The Bertz CT molecular complexity index is 366. The molecule has 1 aromatic rings. The molecule has 0 spiro atoms. The van der Waals surface area contributed by atoms with E-state index in [9.17, 15) is 13.2 Å². The molecule has 0 unspecified atom stereocenters. The quantitative estimate of drug-likeness (QED) is 0.692. The van der Waals surface area contributed by atoms with E-state index < -0.39 is 11.7 Å². The second-order valence-corrected chi connectivity index (χ2v) is 3.16. The van der Waals surface area contributed by atoms with Crippen LogP contribution in [0.4, 0.5) is 13.2 Å². The molecule has 1 aromatic carbocycles. The van der Waals surface area contributed by atoms with E-state index in [4.69, 9.17) is 5.26 Å². The Morgan fingerprint density at radius 1 is 1.27 bits per heavy atom. The number of nitriles is 1. The van der Waals surface area contributed by atoms with Gasteiger partial charge < -0.3 is 0 Å². The van der Waals surface area contributed by atoms with Crippen molar-refractivity contribution in [3.05, 3.63) is 33.8 Å². The van der Waals surface area contributed by atoms with E-state index in [2.05, 4.69) is 15.9 Å². The molecule has 82 valence electrons. The first kappa shape index (κ1) is 14.0. The minimum atomic E-state index is -4.42. The van der Waals surface area contributed by atoms with Crippen molar-refractivity contribution in [2.45, 2.75) is 20.0 Å². The van der Waals surface area contributed by atoms with Gasteiger partial charge in [0.1, 0.15) is 0 Å².